The van der Waals surface area contributed by atoms with Gasteiger partial charge in [0.25, 0.3) is 5.91 Å². The van der Waals surface area contributed by atoms with Gasteiger partial charge < -0.3 is 10.2 Å². The van der Waals surface area contributed by atoms with Crippen molar-refractivity contribution in [1.82, 2.24) is 10.2 Å². The molecular formula is C19H24N2O3. The highest BCUT2D eigenvalue weighted by atomic mass is 16.2. The monoisotopic (exact) mass is 328 g/mol. The standard InChI is InChI=1S/C19H24N2O3/c1-4-15-17(23)20-9-10-21(15)18(24)12-5-6-14-13(11-12)16(22)7-8-19(14,2)3/h5-6,11,15H,4,7-10H2,1-3H3,(H,20,23). The number of rotatable bonds is 2. The number of carbonyl (C=O) groups excluding carboxylic acids is 3. The van der Waals surface area contributed by atoms with E-state index < -0.39 is 6.04 Å². The van der Waals surface area contributed by atoms with Gasteiger partial charge in [0.15, 0.2) is 5.78 Å². The molecule has 2 amide bonds. The van der Waals surface area contributed by atoms with E-state index in [9.17, 15) is 14.4 Å². The van der Waals surface area contributed by atoms with Crippen molar-refractivity contribution in [3.63, 3.8) is 0 Å². The van der Waals surface area contributed by atoms with E-state index in [1.54, 1.807) is 17.0 Å². The molecule has 0 saturated carbocycles. The fourth-order valence-electron chi connectivity index (χ4n) is 3.72. The number of carbonyl (C=O) groups is 3. The number of hydrogen-bond acceptors (Lipinski definition) is 3. The van der Waals surface area contributed by atoms with Crippen molar-refractivity contribution >= 4 is 17.6 Å². The van der Waals surface area contributed by atoms with Crippen LogP contribution in [0.25, 0.3) is 0 Å². The van der Waals surface area contributed by atoms with E-state index >= 15 is 0 Å². The highest BCUT2D eigenvalue weighted by molar-refractivity contribution is 6.03. The molecule has 1 unspecified atom stereocenters. The molecule has 1 aliphatic carbocycles. The van der Waals surface area contributed by atoms with Gasteiger partial charge in [-0.25, -0.2) is 0 Å². The third-order valence-electron chi connectivity index (χ3n) is 5.25. The average molecular weight is 328 g/mol. The van der Waals surface area contributed by atoms with Crippen molar-refractivity contribution in [2.75, 3.05) is 13.1 Å². The lowest BCUT2D eigenvalue weighted by molar-refractivity contribution is -0.127. The Kier molecular flexibility index (Phi) is 4.20. The zero-order chi connectivity index (χ0) is 17.5. The van der Waals surface area contributed by atoms with Crippen LogP contribution in [0.2, 0.25) is 0 Å². The molecule has 24 heavy (non-hydrogen) atoms. The van der Waals surface area contributed by atoms with E-state index in [4.69, 9.17) is 0 Å². The number of amides is 2. The molecule has 128 valence electrons. The Bertz CT molecular complexity index is 709. The molecule has 0 spiro atoms. The van der Waals surface area contributed by atoms with Gasteiger partial charge in [-0.2, -0.15) is 0 Å². The SMILES string of the molecule is CCC1C(=O)NCCN1C(=O)c1ccc2c(c1)C(=O)CCC2(C)C. The molecule has 1 atom stereocenters. The van der Waals surface area contributed by atoms with Crippen LogP contribution in [0.3, 0.4) is 0 Å². The van der Waals surface area contributed by atoms with E-state index in [0.29, 0.717) is 37.1 Å². The van der Waals surface area contributed by atoms with Crippen molar-refractivity contribution in [3.8, 4) is 0 Å². The molecule has 0 aromatic heterocycles. The summed E-state index contributed by atoms with van der Waals surface area (Å²) in [7, 11) is 0. The molecule has 5 heteroatoms. The zero-order valence-corrected chi connectivity index (χ0v) is 14.5. The summed E-state index contributed by atoms with van der Waals surface area (Å²) in [6.07, 6.45) is 1.92. The van der Waals surface area contributed by atoms with Crippen molar-refractivity contribution in [3.05, 3.63) is 34.9 Å². The lowest BCUT2D eigenvalue weighted by Crippen LogP contribution is -2.56. The number of benzene rings is 1. The summed E-state index contributed by atoms with van der Waals surface area (Å²) in [5.74, 6) is -0.176. The molecule has 1 aromatic carbocycles. The fraction of sp³-hybridized carbons (Fsp3) is 0.526. The van der Waals surface area contributed by atoms with Gasteiger partial charge in [-0.1, -0.05) is 26.8 Å². The first-order valence-electron chi connectivity index (χ1n) is 8.61. The van der Waals surface area contributed by atoms with Gasteiger partial charge in [-0.05, 0) is 36.0 Å². The zero-order valence-electron chi connectivity index (χ0n) is 14.5. The number of Topliss-reactive ketones (excluding diaryl/α,β-unsaturated/α-hetero) is 1. The van der Waals surface area contributed by atoms with Crippen LogP contribution in [0, 0.1) is 0 Å². The molecule has 1 aromatic rings. The highest BCUT2D eigenvalue weighted by Crippen LogP contribution is 2.37. The number of nitrogens with one attached hydrogen (secondary N) is 1. The van der Waals surface area contributed by atoms with E-state index in [0.717, 1.165) is 12.0 Å². The largest absolute Gasteiger partial charge is 0.353 e. The summed E-state index contributed by atoms with van der Waals surface area (Å²) in [5, 5.41) is 2.80. The van der Waals surface area contributed by atoms with Crippen LogP contribution in [0.1, 0.15) is 66.3 Å². The van der Waals surface area contributed by atoms with Gasteiger partial charge in [-0.3, -0.25) is 14.4 Å². The summed E-state index contributed by atoms with van der Waals surface area (Å²) < 4.78 is 0. The number of ketones is 1. The molecule has 1 heterocycles. The van der Waals surface area contributed by atoms with Crippen LogP contribution in [0.5, 0.6) is 0 Å². The van der Waals surface area contributed by atoms with Gasteiger partial charge in [-0.15, -0.1) is 0 Å². The second kappa shape index (κ2) is 6.04. The van der Waals surface area contributed by atoms with E-state index in [2.05, 4.69) is 19.2 Å². The number of nitrogens with zero attached hydrogens (tertiary/aromatic N) is 1. The molecule has 1 N–H and O–H groups in total. The first-order chi connectivity index (χ1) is 11.3. The third kappa shape index (κ3) is 2.72. The molecule has 0 radical (unpaired) electrons. The van der Waals surface area contributed by atoms with Crippen LogP contribution in [-0.2, 0) is 10.2 Å². The maximum absolute atomic E-state index is 12.9. The first kappa shape index (κ1) is 16.7. The minimum absolute atomic E-state index is 0.0538. The topological polar surface area (TPSA) is 66.5 Å². The van der Waals surface area contributed by atoms with Gasteiger partial charge in [0.05, 0.1) is 0 Å². The number of hydrogen-bond donors (Lipinski definition) is 1. The van der Waals surface area contributed by atoms with Crippen LogP contribution >= 0.6 is 0 Å². The summed E-state index contributed by atoms with van der Waals surface area (Å²) in [5.41, 5.74) is 2.11. The Hall–Kier alpha value is -2.17. The van der Waals surface area contributed by atoms with Crippen LogP contribution < -0.4 is 5.32 Å². The molecule has 1 aliphatic heterocycles. The summed E-state index contributed by atoms with van der Waals surface area (Å²) >= 11 is 0. The molecule has 1 fully saturated rings. The highest BCUT2D eigenvalue weighted by Gasteiger charge is 2.35. The minimum Gasteiger partial charge on any atom is -0.353 e. The fourth-order valence-corrected chi connectivity index (χ4v) is 3.72. The van der Waals surface area contributed by atoms with Gasteiger partial charge in [0.1, 0.15) is 6.04 Å². The quantitative estimate of drug-likeness (QED) is 0.906. The Labute approximate surface area is 142 Å². The molecule has 0 bridgehead atoms. The summed E-state index contributed by atoms with van der Waals surface area (Å²) in [6, 6.07) is 4.99. The molecule has 2 aliphatic rings. The predicted molar refractivity (Wildman–Crippen MR) is 91.2 cm³/mol. The summed E-state index contributed by atoms with van der Waals surface area (Å²) in [4.78, 5) is 38.8. The Morgan fingerprint density at radius 2 is 2.08 bits per heavy atom. The van der Waals surface area contributed by atoms with Crippen molar-refractivity contribution < 1.29 is 14.4 Å². The van der Waals surface area contributed by atoms with E-state index in [1.807, 2.05) is 13.0 Å². The van der Waals surface area contributed by atoms with Crippen LogP contribution in [-0.4, -0.2) is 41.6 Å². The van der Waals surface area contributed by atoms with Crippen LogP contribution in [0.4, 0.5) is 0 Å². The van der Waals surface area contributed by atoms with E-state index in [-0.39, 0.29) is 23.0 Å². The molecule has 5 nitrogen and oxygen atoms in total. The van der Waals surface area contributed by atoms with Crippen LogP contribution in [0.15, 0.2) is 18.2 Å². The second-order valence-electron chi connectivity index (χ2n) is 7.28. The Morgan fingerprint density at radius 1 is 1.33 bits per heavy atom. The second-order valence-corrected chi connectivity index (χ2v) is 7.28. The first-order valence-corrected chi connectivity index (χ1v) is 8.61. The number of piperazine rings is 1. The van der Waals surface area contributed by atoms with Crippen molar-refractivity contribution in [2.45, 2.75) is 51.5 Å². The predicted octanol–water partition coefficient (Wildman–Crippen LogP) is 2.29. The minimum atomic E-state index is -0.436. The summed E-state index contributed by atoms with van der Waals surface area (Å²) in [6.45, 7) is 7.12. The maximum atomic E-state index is 12.9. The lowest BCUT2D eigenvalue weighted by Gasteiger charge is -2.35. The van der Waals surface area contributed by atoms with Crippen molar-refractivity contribution in [1.29, 1.82) is 0 Å². The molecule has 1 saturated heterocycles. The Balaban J connectivity index is 1.95. The van der Waals surface area contributed by atoms with Crippen molar-refractivity contribution in [2.24, 2.45) is 0 Å². The third-order valence-corrected chi connectivity index (χ3v) is 5.25. The normalized spacial score (nSPS) is 22.8. The van der Waals surface area contributed by atoms with E-state index in [1.165, 1.54) is 0 Å². The molecular weight excluding hydrogens is 304 g/mol. The maximum Gasteiger partial charge on any atom is 0.254 e. The molecule has 3 rings (SSSR count). The smallest absolute Gasteiger partial charge is 0.254 e. The average Bonchev–Trinajstić information content (AvgIpc) is 2.57. The van der Waals surface area contributed by atoms with Gasteiger partial charge in [0, 0.05) is 30.6 Å². The Morgan fingerprint density at radius 3 is 2.79 bits per heavy atom. The van der Waals surface area contributed by atoms with Gasteiger partial charge in [0.2, 0.25) is 5.91 Å². The lowest BCUT2D eigenvalue weighted by atomic mass is 9.72. The number of fused-ring (bicyclic) bond motifs is 1. The van der Waals surface area contributed by atoms with Gasteiger partial charge >= 0.3 is 0 Å².